The van der Waals surface area contributed by atoms with Gasteiger partial charge in [0.15, 0.2) is 0 Å². The average Bonchev–Trinajstić information content (AvgIpc) is 2.15. The summed E-state index contributed by atoms with van der Waals surface area (Å²) in [7, 11) is 0. The summed E-state index contributed by atoms with van der Waals surface area (Å²) in [6.45, 7) is 2.49. The largest absolute Gasteiger partial charge is 0.465 e. The molecule has 2 atom stereocenters. The Morgan fingerprint density at radius 2 is 2.56 bits per heavy atom. The van der Waals surface area contributed by atoms with Crippen molar-refractivity contribution in [2.24, 2.45) is 11.8 Å². The van der Waals surface area contributed by atoms with Gasteiger partial charge in [-0.15, -0.1) is 0 Å². The number of cyclic esters (lactones) is 1. The maximum Gasteiger partial charge on any atom is 0.309 e. The van der Waals surface area contributed by atoms with Gasteiger partial charge < -0.3 is 4.74 Å². The van der Waals surface area contributed by atoms with Crippen LogP contribution in [0.2, 0.25) is 0 Å². The van der Waals surface area contributed by atoms with Gasteiger partial charge in [0.1, 0.15) is 0 Å². The summed E-state index contributed by atoms with van der Waals surface area (Å²) in [5, 5.41) is 0.861. The third-order valence-corrected chi connectivity index (χ3v) is 2.55. The van der Waals surface area contributed by atoms with Gasteiger partial charge in [-0.1, -0.05) is 22.9 Å². The van der Waals surface area contributed by atoms with Crippen LogP contribution < -0.4 is 0 Å². The van der Waals surface area contributed by atoms with Gasteiger partial charge in [-0.3, -0.25) is 4.79 Å². The van der Waals surface area contributed by atoms with E-state index in [0.717, 1.165) is 5.33 Å². The Hall–Kier alpha value is -0.0500. The fraction of sp³-hybridized carbons (Fsp3) is 0.833. The molecule has 0 amide bonds. The first-order valence-corrected chi connectivity index (χ1v) is 4.10. The number of halogens is 1. The molecule has 0 aromatic rings. The van der Waals surface area contributed by atoms with Crippen molar-refractivity contribution in [1.82, 2.24) is 0 Å². The summed E-state index contributed by atoms with van der Waals surface area (Å²) in [5.74, 6) is 0.418. The molecule has 0 aromatic carbocycles. The second-order valence-corrected chi connectivity index (χ2v) is 2.98. The van der Waals surface area contributed by atoms with Crippen LogP contribution in [-0.2, 0) is 9.53 Å². The van der Waals surface area contributed by atoms with Crippen molar-refractivity contribution in [1.29, 1.82) is 0 Å². The molecule has 0 saturated carbocycles. The van der Waals surface area contributed by atoms with E-state index in [2.05, 4.69) is 15.9 Å². The summed E-state index contributed by atoms with van der Waals surface area (Å²) < 4.78 is 4.80. The van der Waals surface area contributed by atoms with Gasteiger partial charge in [0, 0.05) is 11.2 Å². The van der Waals surface area contributed by atoms with Gasteiger partial charge >= 0.3 is 5.97 Å². The molecular weight excluding hydrogens is 184 g/mol. The van der Waals surface area contributed by atoms with Gasteiger partial charge in [-0.05, 0) is 0 Å². The van der Waals surface area contributed by atoms with Crippen molar-refractivity contribution >= 4 is 21.9 Å². The number of esters is 1. The lowest BCUT2D eigenvalue weighted by Crippen LogP contribution is -2.12. The first-order chi connectivity index (χ1) is 4.25. The molecular formula is C6H9BrO2. The SMILES string of the molecule is CC1C(=O)OCC1CBr. The van der Waals surface area contributed by atoms with Gasteiger partial charge in [-0.2, -0.15) is 0 Å². The van der Waals surface area contributed by atoms with Crippen molar-refractivity contribution in [3.8, 4) is 0 Å². The fourth-order valence-corrected chi connectivity index (χ4v) is 1.58. The van der Waals surface area contributed by atoms with Crippen molar-refractivity contribution in [2.75, 3.05) is 11.9 Å². The summed E-state index contributed by atoms with van der Waals surface area (Å²) in [6.07, 6.45) is 0. The van der Waals surface area contributed by atoms with E-state index in [0.29, 0.717) is 12.5 Å². The standard InChI is InChI=1S/C6H9BrO2/c1-4-5(2-7)3-9-6(4)8/h4-5H,2-3H2,1H3. The lowest BCUT2D eigenvalue weighted by Gasteiger charge is -2.03. The molecule has 0 aliphatic carbocycles. The second kappa shape index (κ2) is 2.69. The van der Waals surface area contributed by atoms with Gasteiger partial charge in [0.2, 0.25) is 0 Å². The zero-order valence-electron chi connectivity index (χ0n) is 5.26. The maximum absolute atomic E-state index is 10.7. The molecule has 9 heavy (non-hydrogen) atoms. The van der Waals surface area contributed by atoms with Crippen LogP contribution in [0.3, 0.4) is 0 Å². The first kappa shape index (κ1) is 7.06. The van der Waals surface area contributed by atoms with Crippen molar-refractivity contribution in [3.05, 3.63) is 0 Å². The quantitative estimate of drug-likeness (QED) is 0.461. The van der Waals surface area contributed by atoms with E-state index in [4.69, 9.17) is 4.74 Å². The van der Waals surface area contributed by atoms with Gasteiger partial charge in [-0.25, -0.2) is 0 Å². The lowest BCUT2D eigenvalue weighted by molar-refractivity contribution is -0.140. The molecule has 1 heterocycles. The summed E-state index contributed by atoms with van der Waals surface area (Å²) in [5.41, 5.74) is 0. The van der Waals surface area contributed by atoms with Gasteiger partial charge in [0.25, 0.3) is 0 Å². The minimum atomic E-state index is -0.0561. The number of ether oxygens (including phenoxy) is 1. The molecule has 2 unspecified atom stereocenters. The molecule has 0 aromatic heterocycles. The van der Waals surface area contributed by atoms with E-state index < -0.39 is 0 Å². The van der Waals surface area contributed by atoms with Crippen LogP contribution in [0.1, 0.15) is 6.92 Å². The molecule has 0 N–H and O–H groups in total. The monoisotopic (exact) mass is 192 g/mol. The number of carbonyl (C=O) groups is 1. The molecule has 2 nitrogen and oxygen atoms in total. The summed E-state index contributed by atoms with van der Waals surface area (Å²) in [4.78, 5) is 10.7. The fourth-order valence-electron chi connectivity index (χ4n) is 0.836. The Labute approximate surface area is 62.7 Å². The van der Waals surface area contributed by atoms with Crippen LogP contribution in [0.5, 0.6) is 0 Å². The lowest BCUT2D eigenvalue weighted by atomic mass is 10.0. The van der Waals surface area contributed by atoms with Crippen LogP contribution in [0, 0.1) is 11.8 Å². The Kier molecular flexibility index (Phi) is 2.11. The van der Waals surface area contributed by atoms with E-state index >= 15 is 0 Å². The molecule has 0 radical (unpaired) electrons. The molecule has 52 valence electrons. The number of rotatable bonds is 1. The van der Waals surface area contributed by atoms with Crippen LogP contribution in [0.25, 0.3) is 0 Å². The minimum absolute atomic E-state index is 0.0561. The third-order valence-electron chi connectivity index (χ3n) is 1.72. The predicted molar refractivity (Wildman–Crippen MR) is 37.4 cm³/mol. The molecule has 0 bridgehead atoms. The normalized spacial score (nSPS) is 34.7. The second-order valence-electron chi connectivity index (χ2n) is 2.33. The number of alkyl halides is 1. The highest BCUT2D eigenvalue weighted by Crippen LogP contribution is 2.22. The molecule has 1 aliphatic rings. The van der Waals surface area contributed by atoms with E-state index in [1.165, 1.54) is 0 Å². The zero-order valence-corrected chi connectivity index (χ0v) is 6.85. The molecule has 0 spiro atoms. The summed E-state index contributed by atoms with van der Waals surface area (Å²) >= 11 is 3.31. The van der Waals surface area contributed by atoms with Crippen LogP contribution >= 0.6 is 15.9 Å². The number of hydrogen-bond donors (Lipinski definition) is 0. The van der Waals surface area contributed by atoms with Crippen molar-refractivity contribution in [2.45, 2.75) is 6.92 Å². The predicted octanol–water partition coefficient (Wildman–Crippen LogP) is 1.19. The van der Waals surface area contributed by atoms with Crippen molar-refractivity contribution < 1.29 is 9.53 Å². The highest BCUT2D eigenvalue weighted by molar-refractivity contribution is 9.09. The van der Waals surface area contributed by atoms with E-state index in [-0.39, 0.29) is 11.9 Å². The highest BCUT2D eigenvalue weighted by Gasteiger charge is 2.31. The van der Waals surface area contributed by atoms with Crippen LogP contribution in [0.15, 0.2) is 0 Å². The number of carbonyl (C=O) groups excluding carboxylic acids is 1. The van der Waals surface area contributed by atoms with Gasteiger partial charge in [0.05, 0.1) is 12.5 Å². The minimum Gasteiger partial charge on any atom is -0.465 e. The Morgan fingerprint density at radius 1 is 1.89 bits per heavy atom. The smallest absolute Gasteiger partial charge is 0.309 e. The highest BCUT2D eigenvalue weighted by atomic mass is 79.9. The molecule has 3 heteroatoms. The van der Waals surface area contributed by atoms with E-state index in [1.54, 1.807) is 0 Å². The first-order valence-electron chi connectivity index (χ1n) is 2.98. The maximum atomic E-state index is 10.7. The Balaban J connectivity index is 2.51. The Morgan fingerprint density at radius 3 is 2.78 bits per heavy atom. The summed E-state index contributed by atoms with van der Waals surface area (Å²) in [6, 6.07) is 0. The Bertz CT molecular complexity index is 124. The number of hydrogen-bond acceptors (Lipinski definition) is 2. The molecule has 1 rings (SSSR count). The van der Waals surface area contributed by atoms with Crippen molar-refractivity contribution in [3.63, 3.8) is 0 Å². The van der Waals surface area contributed by atoms with E-state index in [1.807, 2.05) is 6.92 Å². The zero-order chi connectivity index (χ0) is 6.85. The van der Waals surface area contributed by atoms with E-state index in [9.17, 15) is 4.79 Å². The van der Waals surface area contributed by atoms with Crippen LogP contribution in [0.4, 0.5) is 0 Å². The van der Waals surface area contributed by atoms with Crippen LogP contribution in [-0.4, -0.2) is 17.9 Å². The molecule has 1 saturated heterocycles. The topological polar surface area (TPSA) is 26.3 Å². The molecule has 1 aliphatic heterocycles. The third kappa shape index (κ3) is 1.26. The molecule has 1 fully saturated rings. The average molecular weight is 193 g/mol.